The zero-order valence-electron chi connectivity index (χ0n) is 15.1. The zero-order chi connectivity index (χ0) is 17.6. The van der Waals surface area contributed by atoms with Crippen molar-refractivity contribution in [2.75, 3.05) is 23.9 Å². The first-order valence-corrected chi connectivity index (χ1v) is 10.5. The molecule has 0 bridgehead atoms. The average Bonchev–Trinajstić information content (AvgIpc) is 3.36. The third kappa shape index (κ3) is 2.94. The van der Waals surface area contributed by atoms with E-state index in [-0.39, 0.29) is 10.9 Å². The molecule has 2 atom stereocenters. The molecule has 26 heavy (non-hydrogen) atoms. The Balaban J connectivity index is 1.28. The number of benzene rings is 2. The Morgan fingerprint density at radius 2 is 1.92 bits per heavy atom. The quantitative estimate of drug-likeness (QED) is 0.839. The predicted molar refractivity (Wildman–Crippen MR) is 108 cm³/mol. The molecule has 0 radical (unpaired) electrons. The minimum absolute atomic E-state index is 0.0490. The van der Waals surface area contributed by atoms with E-state index in [1.807, 2.05) is 18.0 Å². The number of anilines is 1. The molecule has 0 amide bonds. The van der Waals surface area contributed by atoms with Crippen LogP contribution >= 0.6 is 11.9 Å². The monoisotopic (exact) mass is 366 g/mol. The lowest BCUT2D eigenvalue weighted by molar-refractivity contribution is 0.145. The molecule has 2 heterocycles. The van der Waals surface area contributed by atoms with Crippen LogP contribution in [0.15, 0.2) is 48.5 Å². The summed E-state index contributed by atoms with van der Waals surface area (Å²) in [4.78, 5) is 2.53. The summed E-state index contributed by atoms with van der Waals surface area (Å²) in [7, 11) is 0. The number of likely N-dealkylation sites (tertiary alicyclic amines) is 1. The molecule has 0 saturated carbocycles. The summed E-state index contributed by atoms with van der Waals surface area (Å²) in [5, 5.41) is 10.8. The van der Waals surface area contributed by atoms with Crippen LogP contribution in [0.2, 0.25) is 0 Å². The van der Waals surface area contributed by atoms with E-state index < -0.39 is 0 Å². The van der Waals surface area contributed by atoms with Gasteiger partial charge in [-0.2, -0.15) is 0 Å². The van der Waals surface area contributed by atoms with Crippen molar-refractivity contribution in [3.05, 3.63) is 65.2 Å². The van der Waals surface area contributed by atoms with E-state index in [9.17, 15) is 5.11 Å². The lowest BCUT2D eigenvalue weighted by Crippen LogP contribution is -2.39. The van der Waals surface area contributed by atoms with Gasteiger partial charge < -0.3 is 9.41 Å². The van der Waals surface area contributed by atoms with Crippen LogP contribution < -0.4 is 4.31 Å². The molecular weight excluding hydrogens is 340 g/mol. The third-order valence-corrected chi connectivity index (χ3v) is 7.74. The number of hydrogen-bond donors (Lipinski definition) is 1. The molecule has 1 aliphatic carbocycles. The van der Waals surface area contributed by atoms with E-state index in [1.54, 1.807) is 11.1 Å². The van der Waals surface area contributed by atoms with E-state index in [2.05, 4.69) is 51.7 Å². The zero-order valence-corrected chi connectivity index (χ0v) is 15.9. The maximum atomic E-state index is 10.8. The maximum absolute atomic E-state index is 10.8. The summed E-state index contributed by atoms with van der Waals surface area (Å²) < 4.78 is 2.23. The second-order valence-corrected chi connectivity index (χ2v) is 9.42. The summed E-state index contributed by atoms with van der Waals surface area (Å²) >= 11 is 1.86. The number of aryl methyl sites for hydroxylation is 2. The summed E-state index contributed by atoms with van der Waals surface area (Å²) in [5.74, 6) is 0. The highest BCUT2D eigenvalue weighted by Gasteiger charge is 2.51. The molecule has 0 aromatic heterocycles. The summed E-state index contributed by atoms with van der Waals surface area (Å²) in [6.45, 7) is 3.78. The number of β-amino-alcohol motifs (C(OH)–C–C–N with tert-alkyl or cyclic N) is 1. The highest BCUT2D eigenvalue weighted by atomic mass is 32.2. The Morgan fingerprint density at radius 3 is 2.81 bits per heavy atom. The van der Waals surface area contributed by atoms with Crippen LogP contribution in [0.1, 0.15) is 29.5 Å². The van der Waals surface area contributed by atoms with Crippen LogP contribution in [-0.2, 0) is 19.4 Å². The van der Waals surface area contributed by atoms with Gasteiger partial charge in [0.15, 0.2) is 0 Å². The second kappa shape index (κ2) is 6.59. The van der Waals surface area contributed by atoms with Crippen molar-refractivity contribution in [1.82, 2.24) is 4.90 Å². The minimum Gasteiger partial charge on any atom is -0.390 e. The Hall–Kier alpha value is -1.49. The molecule has 2 fully saturated rings. The van der Waals surface area contributed by atoms with Crippen molar-refractivity contribution in [1.29, 1.82) is 0 Å². The van der Waals surface area contributed by atoms with Gasteiger partial charge in [-0.15, -0.1) is 0 Å². The van der Waals surface area contributed by atoms with Gasteiger partial charge >= 0.3 is 0 Å². The molecular formula is C22H26N2OS. The number of rotatable bonds is 3. The molecule has 2 saturated heterocycles. The van der Waals surface area contributed by atoms with Crippen molar-refractivity contribution in [3.63, 3.8) is 0 Å². The largest absolute Gasteiger partial charge is 0.390 e. The Morgan fingerprint density at radius 1 is 1.08 bits per heavy atom. The molecule has 1 spiro atoms. The van der Waals surface area contributed by atoms with Crippen molar-refractivity contribution in [3.8, 4) is 0 Å². The van der Waals surface area contributed by atoms with Crippen LogP contribution in [0.4, 0.5) is 5.69 Å². The van der Waals surface area contributed by atoms with Crippen LogP contribution in [0.5, 0.6) is 0 Å². The molecule has 2 aliphatic heterocycles. The minimum atomic E-state index is -0.266. The lowest BCUT2D eigenvalue weighted by atomic mass is 10.0. The first-order valence-electron chi connectivity index (χ1n) is 9.75. The average molecular weight is 367 g/mol. The van der Waals surface area contributed by atoms with E-state index in [0.29, 0.717) is 0 Å². The highest BCUT2D eigenvalue weighted by molar-refractivity contribution is 8.02. The first kappa shape index (κ1) is 16.7. The van der Waals surface area contributed by atoms with Crippen LogP contribution in [0, 0.1) is 0 Å². The van der Waals surface area contributed by atoms with Crippen molar-refractivity contribution in [2.45, 2.75) is 43.1 Å². The van der Waals surface area contributed by atoms with Gasteiger partial charge in [0.2, 0.25) is 0 Å². The standard InChI is InChI=1S/C22H26N2OS/c25-21-15-24(20-7-2-1-3-8-20)26-22(21)11-12-23(16-22)14-17-9-10-18-5-4-6-19(18)13-17/h1-3,7-10,13,21,25H,4-6,11-12,14-16H2/t21-,22+/m0/s1. The molecule has 136 valence electrons. The van der Waals surface area contributed by atoms with E-state index >= 15 is 0 Å². The van der Waals surface area contributed by atoms with Gasteiger partial charge in [0.1, 0.15) is 0 Å². The molecule has 3 aliphatic rings. The van der Waals surface area contributed by atoms with Crippen LogP contribution in [0.25, 0.3) is 0 Å². The Labute approximate surface area is 160 Å². The Bertz CT molecular complexity index is 796. The molecule has 3 nitrogen and oxygen atoms in total. The number of fused-ring (bicyclic) bond motifs is 1. The number of aliphatic hydroxyl groups is 1. The first-order chi connectivity index (χ1) is 12.7. The van der Waals surface area contributed by atoms with Gasteiger partial charge in [0.05, 0.1) is 17.4 Å². The topological polar surface area (TPSA) is 26.7 Å². The van der Waals surface area contributed by atoms with Gasteiger partial charge in [-0.3, -0.25) is 4.90 Å². The van der Waals surface area contributed by atoms with Gasteiger partial charge in [-0.05, 0) is 66.5 Å². The normalized spacial score (nSPS) is 28.2. The predicted octanol–water partition coefficient (Wildman–Crippen LogP) is 3.65. The summed E-state index contributed by atoms with van der Waals surface area (Å²) in [5.41, 5.74) is 5.74. The second-order valence-electron chi connectivity index (χ2n) is 7.99. The molecule has 2 aromatic rings. The fourth-order valence-electron chi connectivity index (χ4n) is 4.74. The van der Waals surface area contributed by atoms with Gasteiger partial charge in [-0.1, -0.05) is 36.4 Å². The number of para-hydroxylation sites is 1. The molecule has 0 unspecified atom stereocenters. The van der Waals surface area contributed by atoms with Gasteiger partial charge in [0.25, 0.3) is 0 Å². The third-order valence-electron chi connectivity index (χ3n) is 6.19. The summed E-state index contributed by atoms with van der Waals surface area (Å²) in [6.07, 6.45) is 4.60. The molecule has 5 rings (SSSR count). The highest BCUT2D eigenvalue weighted by Crippen LogP contribution is 2.47. The van der Waals surface area contributed by atoms with Crippen molar-refractivity contribution >= 4 is 17.6 Å². The van der Waals surface area contributed by atoms with Gasteiger partial charge in [-0.25, -0.2) is 0 Å². The van der Waals surface area contributed by atoms with Gasteiger partial charge in [0, 0.05) is 25.3 Å². The SMILES string of the molecule is O[C@H]1CN(c2ccccc2)S[C@@]12CCN(Cc1ccc3c(c1)CCC3)C2. The molecule has 4 heteroatoms. The molecule has 2 aromatic carbocycles. The fourth-order valence-corrected chi connectivity index (χ4v) is 6.24. The number of nitrogens with zero attached hydrogens (tertiary/aromatic N) is 2. The number of aliphatic hydroxyl groups excluding tert-OH is 1. The Kier molecular flexibility index (Phi) is 4.23. The van der Waals surface area contributed by atoms with Crippen LogP contribution in [0.3, 0.4) is 0 Å². The van der Waals surface area contributed by atoms with E-state index in [0.717, 1.165) is 32.6 Å². The van der Waals surface area contributed by atoms with Crippen molar-refractivity contribution < 1.29 is 5.11 Å². The van der Waals surface area contributed by atoms with Crippen molar-refractivity contribution in [2.24, 2.45) is 0 Å². The lowest BCUT2D eigenvalue weighted by Gasteiger charge is -2.26. The molecule has 1 N–H and O–H groups in total. The van der Waals surface area contributed by atoms with E-state index in [1.165, 1.54) is 30.5 Å². The number of hydrogen-bond acceptors (Lipinski definition) is 4. The fraction of sp³-hybridized carbons (Fsp3) is 0.455. The summed E-state index contributed by atoms with van der Waals surface area (Å²) in [6, 6.07) is 17.5. The van der Waals surface area contributed by atoms with E-state index in [4.69, 9.17) is 0 Å². The maximum Gasteiger partial charge on any atom is 0.0902 e. The van der Waals surface area contributed by atoms with Crippen LogP contribution in [-0.4, -0.2) is 40.5 Å². The smallest absolute Gasteiger partial charge is 0.0902 e.